The highest BCUT2D eigenvalue weighted by atomic mass is 32.1. The molecule has 7 aromatic rings. The third-order valence-corrected chi connectivity index (χ3v) is 11.0. The predicted molar refractivity (Wildman–Crippen MR) is 193 cm³/mol. The Bertz CT molecular complexity index is 2310. The van der Waals surface area contributed by atoms with Crippen LogP contribution < -0.4 is 15.8 Å². The first-order valence-electron chi connectivity index (χ1n) is 15.7. The Morgan fingerprint density at radius 3 is 2.07 bits per heavy atom. The Kier molecular flexibility index (Phi) is 5.15. The maximum Gasteiger partial charge on any atom is 0.333 e. The molecule has 0 amide bonds. The molecular formula is C40H35BN2S. The monoisotopic (exact) mass is 586 g/mol. The molecule has 0 unspecified atom stereocenters. The third kappa shape index (κ3) is 3.49. The SMILES string of the molecule is CC(C)(C)c1ccc(N2c3ccc(C(C)(C)C)cc3B3c4c2csc4-c2cccc4c5cc6ccccc6cc5n3c24)cc1. The second-order valence-electron chi connectivity index (χ2n) is 14.7. The van der Waals surface area contributed by atoms with Crippen molar-refractivity contribution >= 4 is 78.8 Å². The fourth-order valence-corrected chi connectivity index (χ4v) is 8.72. The van der Waals surface area contributed by atoms with Crippen LogP contribution in [-0.4, -0.2) is 11.3 Å². The molecule has 0 aliphatic carbocycles. The summed E-state index contributed by atoms with van der Waals surface area (Å²) in [6.45, 7) is 13.9. The molecule has 4 heterocycles. The Labute approximate surface area is 263 Å². The lowest BCUT2D eigenvalue weighted by Gasteiger charge is -2.39. The second-order valence-corrected chi connectivity index (χ2v) is 15.6. The molecule has 2 aromatic heterocycles. The second kappa shape index (κ2) is 8.67. The van der Waals surface area contributed by atoms with Gasteiger partial charge in [0.15, 0.2) is 0 Å². The molecule has 5 aromatic carbocycles. The minimum atomic E-state index is 0.0445. The van der Waals surface area contributed by atoms with Gasteiger partial charge in [0.05, 0.1) is 5.69 Å². The van der Waals surface area contributed by atoms with Crippen LogP contribution in [0.15, 0.2) is 102 Å². The number of nitrogens with zero attached hydrogens (tertiary/aromatic N) is 2. The summed E-state index contributed by atoms with van der Waals surface area (Å²) in [5.74, 6) is 0. The first-order valence-corrected chi connectivity index (χ1v) is 16.6. The Balaban J connectivity index is 1.39. The molecule has 4 heteroatoms. The van der Waals surface area contributed by atoms with Gasteiger partial charge in [-0.15, -0.1) is 11.3 Å². The summed E-state index contributed by atoms with van der Waals surface area (Å²) in [6, 6.07) is 37.0. The number of fused-ring (bicyclic) bond motifs is 8. The van der Waals surface area contributed by atoms with Crippen LogP contribution in [0.5, 0.6) is 0 Å². The number of rotatable bonds is 1. The lowest BCUT2D eigenvalue weighted by atomic mass is 9.46. The van der Waals surface area contributed by atoms with Gasteiger partial charge in [-0.1, -0.05) is 108 Å². The van der Waals surface area contributed by atoms with Gasteiger partial charge in [0.25, 0.3) is 0 Å². The van der Waals surface area contributed by atoms with Crippen molar-refractivity contribution in [2.75, 3.05) is 4.90 Å². The van der Waals surface area contributed by atoms with E-state index < -0.39 is 0 Å². The number of hydrogen-bond acceptors (Lipinski definition) is 2. The van der Waals surface area contributed by atoms with Crippen LogP contribution in [0.2, 0.25) is 0 Å². The molecule has 0 N–H and O–H groups in total. The normalized spacial score (nSPS) is 14.0. The van der Waals surface area contributed by atoms with Gasteiger partial charge < -0.3 is 9.38 Å². The van der Waals surface area contributed by atoms with E-state index in [0.29, 0.717) is 0 Å². The standard InChI is InChI=1S/C40H35BN2S/c1-39(2,3)26-14-17-28(18-15-26)42-33-19-16-27(40(4,5)6)22-32(33)41-36-35(42)23-44-38(36)30-13-9-12-29-31-20-24-10-7-8-11-25(24)21-34(31)43(41)37(29)30/h7-23H,1-6H3. The topological polar surface area (TPSA) is 8.17 Å². The fourth-order valence-electron chi connectivity index (χ4n) is 7.63. The summed E-state index contributed by atoms with van der Waals surface area (Å²) in [7, 11) is 0. The van der Waals surface area contributed by atoms with E-state index in [0.717, 1.165) is 0 Å². The van der Waals surface area contributed by atoms with Crippen LogP contribution in [0, 0.1) is 0 Å². The zero-order valence-corrected chi connectivity index (χ0v) is 27.0. The average Bonchev–Trinajstić information content (AvgIpc) is 3.58. The highest BCUT2D eigenvalue weighted by molar-refractivity contribution is 7.17. The van der Waals surface area contributed by atoms with E-state index in [1.165, 1.54) is 82.1 Å². The summed E-state index contributed by atoms with van der Waals surface area (Å²) in [4.78, 5) is 3.92. The van der Waals surface area contributed by atoms with Crippen molar-refractivity contribution in [3.63, 3.8) is 0 Å². The van der Waals surface area contributed by atoms with E-state index >= 15 is 0 Å². The quantitative estimate of drug-likeness (QED) is 0.174. The van der Waals surface area contributed by atoms with Crippen LogP contribution in [0.25, 0.3) is 43.0 Å². The summed E-state index contributed by atoms with van der Waals surface area (Å²) in [6.07, 6.45) is 0. The molecule has 2 aliphatic heterocycles. The minimum Gasteiger partial charge on any atom is -0.375 e. The van der Waals surface area contributed by atoms with Crippen molar-refractivity contribution in [3.8, 4) is 10.4 Å². The zero-order valence-electron chi connectivity index (χ0n) is 26.2. The van der Waals surface area contributed by atoms with Gasteiger partial charge in [0.1, 0.15) is 0 Å². The minimum absolute atomic E-state index is 0.0445. The van der Waals surface area contributed by atoms with E-state index in [9.17, 15) is 0 Å². The van der Waals surface area contributed by atoms with Crippen molar-refractivity contribution < 1.29 is 0 Å². The van der Waals surface area contributed by atoms with Gasteiger partial charge in [0, 0.05) is 49.0 Å². The highest BCUT2D eigenvalue weighted by Gasteiger charge is 2.44. The molecule has 9 rings (SSSR count). The number of hydrogen-bond donors (Lipinski definition) is 0. The van der Waals surface area contributed by atoms with Gasteiger partial charge in [-0.25, -0.2) is 0 Å². The van der Waals surface area contributed by atoms with Crippen LogP contribution in [0.1, 0.15) is 52.7 Å². The molecule has 0 bridgehead atoms. The maximum atomic E-state index is 2.68. The van der Waals surface area contributed by atoms with Gasteiger partial charge >= 0.3 is 6.85 Å². The van der Waals surface area contributed by atoms with Crippen molar-refractivity contribution in [2.24, 2.45) is 0 Å². The lowest BCUT2D eigenvalue weighted by Crippen LogP contribution is -2.56. The maximum absolute atomic E-state index is 2.68. The Morgan fingerprint density at radius 1 is 0.636 bits per heavy atom. The summed E-state index contributed by atoms with van der Waals surface area (Å²) in [5.41, 5.74) is 13.5. The van der Waals surface area contributed by atoms with Crippen molar-refractivity contribution in [1.82, 2.24) is 4.48 Å². The van der Waals surface area contributed by atoms with Crippen LogP contribution in [-0.2, 0) is 10.8 Å². The molecule has 0 spiro atoms. The number of thiophene rings is 1. The Hall–Kier alpha value is -4.28. The molecule has 44 heavy (non-hydrogen) atoms. The van der Waals surface area contributed by atoms with E-state index in [1.807, 2.05) is 11.3 Å². The predicted octanol–water partition coefficient (Wildman–Crippen LogP) is 10.0. The van der Waals surface area contributed by atoms with Crippen molar-refractivity contribution in [1.29, 1.82) is 0 Å². The van der Waals surface area contributed by atoms with E-state index in [4.69, 9.17) is 0 Å². The van der Waals surface area contributed by atoms with Crippen molar-refractivity contribution in [2.45, 2.75) is 52.4 Å². The molecule has 0 saturated heterocycles. The average molecular weight is 587 g/mol. The van der Waals surface area contributed by atoms with Crippen LogP contribution in [0.3, 0.4) is 0 Å². The molecule has 2 aliphatic rings. The van der Waals surface area contributed by atoms with E-state index in [-0.39, 0.29) is 17.7 Å². The van der Waals surface area contributed by atoms with Gasteiger partial charge in [-0.3, -0.25) is 0 Å². The molecule has 0 saturated carbocycles. The zero-order chi connectivity index (χ0) is 30.1. The van der Waals surface area contributed by atoms with Gasteiger partial charge in [-0.2, -0.15) is 0 Å². The molecular weight excluding hydrogens is 551 g/mol. The summed E-state index contributed by atoms with van der Waals surface area (Å²) >= 11 is 1.90. The largest absolute Gasteiger partial charge is 0.375 e. The first-order chi connectivity index (χ1) is 21.1. The summed E-state index contributed by atoms with van der Waals surface area (Å²) < 4.78 is 2.68. The first kappa shape index (κ1) is 26.2. The number of anilines is 3. The Morgan fingerprint density at radius 2 is 1.34 bits per heavy atom. The molecule has 214 valence electrons. The fraction of sp³-hybridized carbons (Fsp3) is 0.200. The van der Waals surface area contributed by atoms with Gasteiger partial charge in [0.2, 0.25) is 0 Å². The molecule has 0 radical (unpaired) electrons. The summed E-state index contributed by atoms with van der Waals surface area (Å²) in [5, 5.41) is 7.67. The third-order valence-electron chi connectivity index (χ3n) is 9.94. The van der Waals surface area contributed by atoms with E-state index in [1.54, 1.807) is 0 Å². The van der Waals surface area contributed by atoms with Crippen LogP contribution >= 0.6 is 11.3 Å². The molecule has 0 fully saturated rings. The molecule has 0 atom stereocenters. The number of para-hydroxylation sites is 1. The van der Waals surface area contributed by atoms with E-state index in [2.05, 4.69) is 153 Å². The molecule has 2 nitrogen and oxygen atoms in total. The highest BCUT2D eigenvalue weighted by Crippen LogP contribution is 2.48. The van der Waals surface area contributed by atoms with Gasteiger partial charge in [-0.05, 0) is 74.0 Å². The number of benzene rings is 5. The number of aromatic nitrogens is 1. The van der Waals surface area contributed by atoms with Crippen LogP contribution in [0.4, 0.5) is 17.1 Å². The smallest absolute Gasteiger partial charge is 0.333 e. The lowest BCUT2D eigenvalue weighted by molar-refractivity contribution is 0.590. The van der Waals surface area contributed by atoms with Crippen molar-refractivity contribution in [3.05, 3.63) is 114 Å².